The highest BCUT2D eigenvalue weighted by Gasteiger charge is 2.10. The molecule has 1 aromatic rings. The van der Waals surface area contributed by atoms with E-state index >= 15 is 0 Å². The van der Waals surface area contributed by atoms with Crippen LogP contribution in [0.25, 0.3) is 0 Å². The number of aliphatic hydroxyl groups excluding tert-OH is 1. The summed E-state index contributed by atoms with van der Waals surface area (Å²) in [5.74, 6) is 5.26. The summed E-state index contributed by atoms with van der Waals surface area (Å²) < 4.78 is 0. The van der Waals surface area contributed by atoms with Gasteiger partial charge in [0.25, 0.3) is 5.91 Å². The summed E-state index contributed by atoms with van der Waals surface area (Å²) in [5, 5.41) is 13.4. The van der Waals surface area contributed by atoms with Crippen LogP contribution < -0.4 is 5.32 Å². The van der Waals surface area contributed by atoms with Gasteiger partial charge in [-0.3, -0.25) is 4.79 Å². The summed E-state index contributed by atoms with van der Waals surface area (Å²) in [6, 6.07) is 1.80. The zero-order valence-electron chi connectivity index (χ0n) is 11.4. The summed E-state index contributed by atoms with van der Waals surface area (Å²) in [6.45, 7) is 1.51. The molecule has 4 nitrogen and oxygen atoms in total. The monoisotopic (exact) mass is 280 g/mol. The molecule has 0 aliphatic carbocycles. The molecule has 0 aromatic carbocycles. The number of carbonyl (C=O) groups excluding carboxylic acids is 1. The maximum atomic E-state index is 11.9. The van der Waals surface area contributed by atoms with Crippen molar-refractivity contribution in [1.82, 2.24) is 10.2 Å². The van der Waals surface area contributed by atoms with E-state index in [-0.39, 0.29) is 12.5 Å². The highest BCUT2D eigenvalue weighted by Crippen LogP contribution is 2.15. The molecule has 0 spiro atoms. The summed E-state index contributed by atoms with van der Waals surface area (Å²) in [6.07, 6.45) is 2.03. The Hall–Kier alpha value is -1.35. The van der Waals surface area contributed by atoms with Gasteiger partial charge in [-0.05, 0) is 44.9 Å². The molecule has 19 heavy (non-hydrogen) atoms. The Bertz CT molecular complexity index is 458. The van der Waals surface area contributed by atoms with Gasteiger partial charge < -0.3 is 15.3 Å². The van der Waals surface area contributed by atoms with E-state index in [1.807, 2.05) is 19.5 Å². The number of hydrogen-bond acceptors (Lipinski definition) is 4. The molecule has 0 radical (unpaired) electrons. The second-order valence-corrected chi connectivity index (χ2v) is 5.31. The molecule has 2 N–H and O–H groups in total. The van der Waals surface area contributed by atoms with E-state index in [1.54, 1.807) is 6.07 Å². The van der Waals surface area contributed by atoms with Crippen LogP contribution >= 0.6 is 11.3 Å². The van der Waals surface area contributed by atoms with Gasteiger partial charge in [0, 0.05) is 12.1 Å². The maximum absolute atomic E-state index is 11.9. The van der Waals surface area contributed by atoms with Gasteiger partial charge in [-0.25, -0.2) is 0 Å². The van der Waals surface area contributed by atoms with Crippen molar-refractivity contribution in [2.45, 2.75) is 12.8 Å². The molecule has 1 heterocycles. The van der Waals surface area contributed by atoms with Crippen molar-refractivity contribution in [2.75, 3.05) is 33.8 Å². The first kappa shape index (κ1) is 15.7. The topological polar surface area (TPSA) is 52.6 Å². The lowest BCUT2D eigenvalue weighted by molar-refractivity contribution is 0.0956. The molecule has 0 unspecified atom stereocenters. The van der Waals surface area contributed by atoms with E-state index < -0.39 is 0 Å². The zero-order chi connectivity index (χ0) is 14.1. The molecule has 1 rings (SSSR count). The van der Waals surface area contributed by atoms with Crippen LogP contribution in [0.15, 0.2) is 11.4 Å². The van der Waals surface area contributed by atoms with Crippen LogP contribution in [-0.2, 0) is 0 Å². The Kier molecular flexibility index (Phi) is 7.19. The van der Waals surface area contributed by atoms with Gasteiger partial charge in [0.15, 0.2) is 0 Å². The lowest BCUT2D eigenvalue weighted by atomic mass is 10.2. The minimum Gasteiger partial charge on any atom is -0.384 e. The Morgan fingerprint density at radius 1 is 1.47 bits per heavy atom. The van der Waals surface area contributed by atoms with Crippen molar-refractivity contribution in [3.8, 4) is 11.8 Å². The van der Waals surface area contributed by atoms with Crippen molar-refractivity contribution >= 4 is 17.2 Å². The molecular weight excluding hydrogens is 260 g/mol. The van der Waals surface area contributed by atoms with Crippen molar-refractivity contribution in [3.05, 3.63) is 21.9 Å². The minimum atomic E-state index is -0.193. The molecular formula is C14H20N2O2S. The smallest absolute Gasteiger partial charge is 0.262 e. The number of carbonyl (C=O) groups is 1. The van der Waals surface area contributed by atoms with Crippen LogP contribution in [0.1, 0.15) is 28.1 Å². The zero-order valence-corrected chi connectivity index (χ0v) is 12.2. The Balaban J connectivity index is 2.39. The number of thiophene rings is 1. The lowest BCUT2D eigenvalue weighted by Gasteiger charge is -2.09. The van der Waals surface area contributed by atoms with Crippen molar-refractivity contribution < 1.29 is 9.90 Å². The van der Waals surface area contributed by atoms with Gasteiger partial charge >= 0.3 is 0 Å². The van der Waals surface area contributed by atoms with Crippen LogP contribution in [0.3, 0.4) is 0 Å². The van der Waals surface area contributed by atoms with Crippen molar-refractivity contribution in [1.29, 1.82) is 0 Å². The molecule has 0 saturated heterocycles. The van der Waals surface area contributed by atoms with Crippen LogP contribution in [0, 0.1) is 11.8 Å². The third-order valence-electron chi connectivity index (χ3n) is 2.49. The summed E-state index contributed by atoms with van der Waals surface area (Å²) in [4.78, 5) is 14.7. The molecule has 104 valence electrons. The first-order valence-corrected chi connectivity index (χ1v) is 7.13. The van der Waals surface area contributed by atoms with Crippen molar-refractivity contribution in [3.63, 3.8) is 0 Å². The number of hydrogen-bond donors (Lipinski definition) is 2. The van der Waals surface area contributed by atoms with Gasteiger partial charge in [0.1, 0.15) is 11.5 Å². The molecule has 0 aliphatic rings. The number of nitrogens with one attached hydrogen (secondary N) is 1. The summed E-state index contributed by atoms with van der Waals surface area (Å²) in [5.41, 5.74) is 0.685. The van der Waals surface area contributed by atoms with E-state index in [1.165, 1.54) is 11.3 Å². The molecule has 1 amide bonds. The number of aliphatic hydroxyl groups is 1. The molecule has 0 bridgehead atoms. The quantitative estimate of drug-likeness (QED) is 0.607. The van der Waals surface area contributed by atoms with Crippen LogP contribution in [0.4, 0.5) is 0 Å². The normalized spacial score (nSPS) is 10.1. The van der Waals surface area contributed by atoms with Crippen LogP contribution in [0.2, 0.25) is 0 Å². The fourth-order valence-electron chi connectivity index (χ4n) is 1.55. The van der Waals surface area contributed by atoms with Gasteiger partial charge in [0.05, 0.1) is 0 Å². The van der Waals surface area contributed by atoms with E-state index in [0.717, 1.165) is 19.4 Å². The largest absolute Gasteiger partial charge is 0.384 e. The fourth-order valence-corrected chi connectivity index (χ4v) is 2.32. The molecule has 1 aromatic heterocycles. The SMILES string of the molecule is CN(C)CCCCNC(=O)c1sccc1C#CCO. The van der Waals surface area contributed by atoms with E-state index in [2.05, 4.69) is 22.1 Å². The fraction of sp³-hybridized carbons (Fsp3) is 0.500. The number of unbranched alkanes of at least 4 members (excludes halogenated alkanes) is 1. The number of nitrogens with zero attached hydrogens (tertiary/aromatic N) is 1. The maximum Gasteiger partial charge on any atom is 0.262 e. The number of amides is 1. The third-order valence-corrected chi connectivity index (χ3v) is 3.40. The average molecular weight is 280 g/mol. The minimum absolute atomic E-state index is 0.0814. The predicted molar refractivity (Wildman–Crippen MR) is 78.4 cm³/mol. The summed E-state index contributed by atoms with van der Waals surface area (Å²) in [7, 11) is 4.08. The standard InChI is InChI=1S/C14H20N2O2S/c1-16(2)9-4-3-8-15-14(18)13-12(6-5-10-17)7-11-19-13/h7,11,17H,3-4,8-10H2,1-2H3,(H,15,18). The first-order valence-electron chi connectivity index (χ1n) is 6.25. The second kappa shape index (κ2) is 8.70. The molecule has 0 fully saturated rings. The first-order chi connectivity index (χ1) is 9.15. The Morgan fingerprint density at radius 3 is 2.95 bits per heavy atom. The molecule has 0 atom stereocenters. The van der Waals surface area contributed by atoms with Gasteiger partial charge in [-0.15, -0.1) is 11.3 Å². The predicted octanol–water partition coefficient (Wildman–Crippen LogP) is 1.16. The molecule has 0 saturated carbocycles. The second-order valence-electron chi connectivity index (χ2n) is 4.39. The van der Waals surface area contributed by atoms with E-state index in [0.29, 0.717) is 17.0 Å². The highest BCUT2D eigenvalue weighted by molar-refractivity contribution is 7.12. The lowest BCUT2D eigenvalue weighted by Crippen LogP contribution is -2.25. The van der Waals surface area contributed by atoms with Crippen LogP contribution in [0.5, 0.6) is 0 Å². The molecule has 0 aliphatic heterocycles. The van der Waals surface area contributed by atoms with Gasteiger partial charge in [-0.1, -0.05) is 11.8 Å². The van der Waals surface area contributed by atoms with Gasteiger partial charge in [-0.2, -0.15) is 0 Å². The van der Waals surface area contributed by atoms with E-state index in [4.69, 9.17) is 5.11 Å². The third kappa shape index (κ3) is 5.88. The average Bonchev–Trinajstić information content (AvgIpc) is 2.83. The summed E-state index contributed by atoms with van der Waals surface area (Å²) >= 11 is 1.37. The number of rotatable bonds is 6. The van der Waals surface area contributed by atoms with E-state index in [9.17, 15) is 4.79 Å². The Labute approximate surface area is 118 Å². The van der Waals surface area contributed by atoms with Crippen molar-refractivity contribution in [2.24, 2.45) is 0 Å². The Morgan fingerprint density at radius 2 is 2.26 bits per heavy atom. The highest BCUT2D eigenvalue weighted by atomic mass is 32.1. The molecule has 5 heteroatoms. The van der Waals surface area contributed by atoms with Crippen LogP contribution in [-0.4, -0.2) is 49.7 Å². The van der Waals surface area contributed by atoms with Gasteiger partial charge in [0.2, 0.25) is 0 Å².